The third-order valence-electron chi connectivity index (χ3n) is 3.34. The number of rotatable bonds is 4. The van der Waals surface area contributed by atoms with E-state index in [-0.39, 0.29) is 0 Å². The summed E-state index contributed by atoms with van der Waals surface area (Å²) < 4.78 is 10.8. The molecule has 5 heteroatoms. The van der Waals surface area contributed by atoms with Gasteiger partial charge in [0.15, 0.2) is 0 Å². The lowest BCUT2D eigenvalue weighted by molar-refractivity contribution is 0.229. The van der Waals surface area contributed by atoms with Gasteiger partial charge in [0.05, 0.1) is 13.7 Å². The number of hydrogen-bond donors (Lipinski definition) is 1. The Morgan fingerprint density at radius 2 is 2.25 bits per heavy atom. The van der Waals surface area contributed by atoms with E-state index in [1.807, 2.05) is 18.2 Å². The smallest absolute Gasteiger partial charge is 0.225 e. The molecule has 0 unspecified atom stereocenters. The van der Waals surface area contributed by atoms with E-state index < -0.39 is 0 Å². The SMILES string of the molecule is COc1ccnc(NC[C@@H]2COc3ccccc3C2)n1. The van der Waals surface area contributed by atoms with Gasteiger partial charge in [-0.15, -0.1) is 0 Å². The Morgan fingerprint density at radius 3 is 3.15 bits per heavy atom. The second kappa shape index (κ2) is 5.77. The Labute approximate surface area is 118 Å². The average molecular weight is 271 g/mol. The summed E-state index contributed by atoms with van der Waals surface area (Å²) in [4.78, 5) is 8.41. The van der Waals surface area contributed by atoms with Crippen molar-refractivity contribution in [2.75, 3.05) is 25.6 Å². The Morgan fingerprint density at radius 1 is 1.35 bits per heavy atom. The van der Waals surface area contributed by atoms with Crippen molar-refractivity contribution < 1.29 is 9.47 Å². The minimum Gasteiger partial charge on any atom is -0.493 e. The fraction of sp³-hybridized carbons (Fsp3) is 0.333. The highest BCUT2D eigenvalue weighted by atomic mass is 16.5. The van der Waals surface area contributed by atoms with Crippen molar-refractivity contribution >= 4 is 5.95 Å². The average Bonchev–Trinajstić information content (AvgIpc) is 2.53. The molecule has 1 atom stereocenters. The minimum absolute atomic E-state index is 0.416. The summed E-state index contributed by atoms with van der Waals surface area (Å²) in [6.07, 6.45) is 2.69. The lowest BCUT2D eigenvalue weighted by Crippen LogP contribution is -2.27. The van der Waals surface area contributed by atoms with E-state index in [1.165, 1.54) is 5.56 Å². The molecule has 0 fully saturated rings. The van der Waals surface area contributed by atoms with Crippen LogP contribution in [0.5, 0.6) is 11.6 Å². The summed E-state index contributed by atoms with van der Waals surface area (Å²) in [5.41, 5.74) is 1.26. The molecule has 0 aliphatic carbocycles. The monoisotopic (exact) mass is 271 g/mol. The Kier molecular flexibility index (Phi) is 3.67. The molecule has 104 valence electrons. The summed E-state index contributed by atoms with van der Waals surface area (Å²) >= 11 is 0. The van der Waals surface area contributed by atoms with Crippen molar-refractivity contribution in [2.24, 2.45) is 5.92 Å². The molecule has 0 bridgehead atoms. The maximum atomic E-state index is 5.76. The molecule has 0 amide bonds. The highest BCUT2D eigenvalue weighted by molar-refractivity contribution is 5.35. The van der Waals surface area contributed by atoms with Crippen molar-refractivity contribution in [3.05, 3.63) is 42.1 Å². The van der Waals surface area contributed by atoms with E-state index in [4.69, 9.17) is 9.47 Å². The topological polar surface area (TPSA) is 56.3 Å². The molecule has 20 heavy (non-hydrogen) atoms. The van der Waals surface area contributed by atoms with Crippen LogP contribution in [-0.4, -0.2) is 30.2 Å². The van der Waals surface area contributed by atoms with E-state index in [0.717, 1.165) is 18.7 Å². The second-order valence-electron chi connectivity index (χ2n) is 4.79. The standard InChI is InChI=1S/C15H17N3O2/c1-19-14-6-7-16-15(18-14)17-9-11-8-12-4-2-3-5-13(12)20-10-11/h2-7,11H,8-10H2,1H3,(H,16,17,18)/t11-/m1/s1. The third kappa shape index (κ3) is 2.82. The van der Waals surface area contributed by atoms with Gasteiger partial charge in [-0.2, -0.15) is 4.98 Å². The number of para-hydroxylation sites is 1. The van der Waals surface area contributed by atoms with Gasteiger partial charge in [-0.1, -0.05) is 18.2 Å². The summed E-state index contributed by atoms with van der Waals surface area (Å²) in [6, 6.07) is 9.91. The molecule has 2 aromatic rings. The van der Waals surface area contributed by atoms with Crippen molar-refractivity contribution in [2.45, 2.75) is 6.42 Å². The van der Waals surface area contributed by atoms with Crippen LogP contribution in [0.4, 0.5) is 5.95 Å². The van der Waals surface area contributed by atoms with Crippen LogP contribution in [0.25, 0.3) is 0 Å². The van der Waals surface area contributed by atoms with E-state index in [2.05, 4.69) is 21.4 Å². The molecule has 0 saturated carbocycles. The van der Waals surface area contributed by atoms with Gasteiger partial charge in [0.2, 0.25) is 11.8 Å². The number of nitrogens with one attached hydrogen (secondary N) is 1. The molecule has 1 aliphatic heterocycles. The van der Waals surface area contributed by atoms with Crippen LogP contribution in [0.15, 0.2) is 36.5 Å². The van der Waals surface area contributed by atoms with E-state index >= 15 is 0 Å². The molecule has 1 aromatic carbocycles. The number of methoxy groups -OCH3 is 1. The highest BCUT2D eigenvalue weighted by Gasteiger charge is 2.19. The van der Waals surface area contributed by atoms with Crippen LogP contribution in [0.2, 0.25) is 0 Å². The van der Waals surface area contributed by atoms with Crippen molar-refractivity contribution in [1.29, 1.82) is 0 Å². The zero-order valence-corrected chi connectivity index (χ0v) is 11.4. The van der Waals surface area contributed by atoms with Crippen molar-refractivity contribution in [3.63, 3.8) is 0 Å². The molecule has 1 N–H and O–H groups in total. The lowest BCUT2D eigenvalue weighted by atomic mass is 9.97. The quantitative estimate of drug-likeness (QED) is 0.923. The van der Waals surface area contributed by atoms with E-state index in [0.29, 0.717) is 24.4 Å². The summed E-state index contributed by atoms with van der Waals surface area (Å²) in [6.45, 7) is 1.50. The van der Waals surface area contributed by atoms with Crippen molar-refractivity contribution in [1.82, 2.24) is 9.97 Å². The summed E-state index contributed by atoms with van der Waals surface area (Å²) in [5, 5.41) is 3.24. The Hall–Kier alpha value is -2.30. The van der Waals surface area contributed by atoms with Gasteiger partial charge in [-0.3, -0.25) is 0 Å². The van der Waals surface area contributed by atoms with Crippen LogP contribution in [0, 0.1) is 5.92 Å². The zero-order valence-electron chi connectivity index (χ0n) is 11.4. The number of benzene rings is 1. The van der Waals surface area contributed by atoms with Crippen LogP contribution < -0.4 is 14.8 Å². The van der Waals surface area contributed by atoms with Gasteiger partial charge in [0, 0.05) is 24.7 Å². The molecular weight excluding hydrogens is 254 g/mol. The molecule has 0 spiro atoms. The number of aromatic nitrogens is 2. The van der Waals surface area contributed by atoms with Crippen molar-refractivity contribution in [3.8, 4) is 11.6 Å². The normalized spacial score (nSPS) is 16.9. The zero-order chi connectivity index (χ0) is 13.8. The number of hydrogen-bond acceptors (Lipinski definition) is 5. The number of ether oxygens (including phenoxy) is 2. The summed E-state index contributed by atoms with van der Waals surface area (Å²) in [5.74, 6) is 2.57. The highest BCUT2D eigenvalue weighted by Crippen LogP contribution is 2.26. The molecule has 2 heterocycles. The Balaban J connectivity index is 1.60. The van der Waals surface area contributed by atoms with Crippen LogP contribution in [0.1, 0.15) is 5.56 Å². The Bertz CT molecular complexity index is 589. The molecule has 0 saturated heterocycles. The number of nitrogens with zero attached hydrogens (tertiary/aromatic N) is 2. The largest absolute Gasteiger partial charge is 0.493 e. The van der Waals surface area contributed by atoms with Gasteiger partial charge in [-0.05, 0) is 18.1 Å². The predicted molar refractivity (Wildman–Crippen MR) is 76.2 cm³/mol. The molecule has 1 aliphatic rings. The fourth-order valence-corrected chi connectivity index (χ4v) is 2.30. The third-order valence-corrected chi connectivity index (χ3v) is 3.34. The fourth-order valence-electron chi connectivity index (χ4n) is 2.30. The van der Waals surface area contributed by atoms with Gasteiger partial charge >= 0.3 is 0 Å². The first kappa shape index (κ1) is 12.7. The van der Waals surface area contributed by atoms with Gasteiger partial charge < -0.3 is 14.8 Å². The van der Waals surface area contributed by atoms with Gasteiger partial charge in [0.1, 0.15) is 5.75 Å². The maximum Gasteiger partial charge on any atom is 0.225 e. The molecule has 0 radical (unpaired) electrons. The molecule has 5 nitrogen and oxygen atoms in total. The first-order valence-electron chi connectivity index (χ1n) is 6.67. The van der Waals surface area contributed by atoms with Gasteiger partial charge in [-0.25, -0.2) is 4.98 Å². The number of fused-ring (bicyclic) bond motifs is 1. The molecule has 3 rings (SSSR count). The molecule has 1 aromatic heterocycles. The lowest BCUT2D eigenvalue weighted by Gasteiger charge is -2.25. The maximum absolute atomic E-state index is 5.76. The van der Waals surface area contributed by atoms with Crippen LogP contribution >= 0.6 is 0 Å². The first-order valence-corrected chi connectivity index (χ1v) is 6.67. The second-order valence-corrected chi connectivity index (χ2v) is 4.79. The number of anilines is 1. The van der Waals surface area contributed by atoms with Crippen LogP contribution in [-0.2, 0) is 6.42 Å². The molecular formula is C15H17N3O2. The van der Waals surface area contributed by atoms with E-state index in [9.17, 15) is 0 Å². The first-order chi connectivity index (χ1) is 9.85. The van der Waals surface area contributed by atoms with Crippen LogP contribution in [0.3, 0.4) is 0 Å². The summed E-state index contributed by atoms with van der Waals surface area (Å²) in [7, 11) is 1.60. The minimum atomic E-state index is 0.416. The van der Waals surface area contributed by atoms with Gasteiger partial charge in [0.25, 0.3) is 0 Å². The predicted octanol–water partition coefficient (Wildman–Crippen LogP) is 2.15. The van der Waals surface area contributed by atoms with E-state index in [1.54, 1.807) is 19.4 Å².